The normalized spacial score (nSPS) is 13.3. The number of para-hydroxylation sites is 1. The van der Waals surface area contributed by atoms with Crippen molar-refractivity contribution in [2.45, 2.75) is 24.2 Å². The predicted molar refractivity (Wildman–Crippen MR) is 125 cm³/mol. The van der Waals surface area contributed by atoms with Gasteiger partial charge in [-0.05, 0) is 72.9 Å². The van der Waals surface area contributed by atoms with Crippen LogP contribution in [0.15, 0.2) is 71.6 Å². The highest BCUT2D eigenvalue weighted by Crippen LogP contribution is 2.37. The first kappa shape index (κ1) is 21.7. The SMILES string of the molecule is COc1ccc(S(=O)(=O)NCCCN2c3ccccc3CCc3ccc(Cl)cc32)cc1. The molecular formula is C24H25ClN2O3S. The highest BCUT2D eigenvalue weighted by Gasteiger charge is 2.21. The van der Waals surface area contributed by atoms with Crippen LogP contribution in [-0.2, 0) is 22.9 Å². The van der Waals surface area contributed by atoms with E-state index in [1.54, 1.807) is 31.4 Å². The Kier molecular flexibility index (Phi) is 6.51. The minimum atomic E-state index is -3.57. The van der Waals surface area contributed by atoms with Crippen LogP contribution in [0.4, 0.5) is 11.4 Å². The number of hydrogen-bond donors (Lipinski definition) is 1. The molecule has 0 fully saturated rings. The van der Waals surface area contributed by atoms with E-state index in [1.165, 1.54) is 11.1 Å². The van der Waals surface area contributed by atoms with Crippen molar-refractivity contribution < 1.29 is 13.2 Å². The lowest BCUT2D eigenvalue weighted by Gasteiger charge is -2.27. The van der Waals surface area contributed by atoms with Crippen LogP contribution in [0.1, 0.15) is 17.5 Å². The van der Waals surface area contributed by atoms with Crippen molar-refractivity contribution in [3.05, 3.63) is 82.9 Å². The summed E-state index contributed by atoms with van der Waals surface area (Å²) in [6.45, 7) is 1.01. The highest BCUT2D eigenvalue weighted by molar-refractivity contribution is 7.89. The Labute approximate surface area is 188 Å². The summed E-state index contributed by atoms with van der Waals surface area (Å²) in [5, 5.41) is 0.698. The molecule has 0 unspecified atom stereocenters. The van der Waals surface area contributed by atoms with E-state index in [9.17, 15) is 8.42 Å². The van der Waals surface area contributed by atoms with Crippen molar-refractivity contribution in [2.24, 2.45) is 0 Å². The second-order valence-electron chi connectivity index (χ2n) is 7.48. The molecule has 1 heterocycles. The van der Waals surface area contributed by atoms with Gasteiger partial charge in [-0.25, -0.2) is 13.1 Å². The van der Waals surface area contributed by atoms with Crippen LogP contribution in [-0.4, -0.2) is 28.6 Å². The van der Waals surface area contributed by atoms with E-state index >= 15 is 0 Å². The number of nitrogens with one attached hydrogen (secondary N) is 1. The summed E-state index contributed by atoms with van der Waals surface area (Å²) < 4.78 is 33.0. The quantitative estimate of drug-likeness (QED) is 0.511. The maximum absolute atomic E-state index is 12.6. The Balaban J connectivity index is 1.48. The number of aryl methyl sites for hydroxylation is 2. The van der Waals surface area contributed by atoms with Gasteiger partial charge >= 0.3 is 0 Å². The van der Waals surface area contributed by atoms with Gasteiger partial charge in [-0.3, -0.25) is 0 Å². The molecule has 0 radical (unpaired) electrons. The molecule has 1 N–H and O–H groups in total. The summed E-state index contributed by atoms with van der Waals surface area (Å²) in [5.74, 6) is 0.621. The Morgan fingerprint density at radius 2 is 1.68 bits per heavy atom. The summed E-state index contributed by atoms with van der Waals surface area (Å²) in [6.07, 6.45) is 2.56. The number of ether oxygens (including phenoxy) is 1. The van der Waals surface area contributed by atoms with Gasteiger partial charge in [0, 0.05) is 29.5 Å². The number of nitrogens with zero attached hydrogens (tertiary/aromatic N) is 1. The third-order valence-corrected chi connectivity index (χ3v) is 7.22. The van der Waals surface area contributed by atoms with Crippen LogP contribution >= 0.6 is 11.6 Å². The maximum atomic E-state index is 12.6. The maximum Gasteiger partial charge on any atom is 0.240 e. The molecule has 0 atom stereocenters. The minimum Gasteiger partial charge on any atom is -0.497 e. The number of hydrogen-bond acceptors (Lipinski definition) is 4. The van der Waals surface area contributed by atoms with E-state index in [4.69, 9.17) is 16.3 Å². The van der Waals surface area contributed by atoms with Crippen LogP contribution in [0, 0.1) is 0 Å². The molecule has 31 heavy (non-hydrogen) atoms. The fourth-order valence-electron chi connectivity index (χ4n) is 3.91. The average Bonchev–Trinajstić information content (AvgIpc) is 2.93. The summed E-state index contributed by atoms with van der Waals surface area (Å²) in [7, 11) is -2.02. The lowest BCUT2D eigenvalue weighted by atomic mass is 10.0. The van der Waals surface area contributed by atoms with Crippen LogP contribution in [0.25, 0.3) is 0 Å². The fourth-order valence-corrected chi connectivity index (χ4v) is 5.15. The number of fused-ring (bicyclic) bond motifs is 2. The standard InChI is InChI=1S/C24H25ClN2O3S/c1-30-21-11-13-22(14-12-21)31(28,29)26-15-4-16-27-23-6-3-2-5-18(23)7-8-19-9-10-20(25)17-24(19)27/h2-3,5-6,9-14,17,26H,4,7-8,15-16H2,1H3. The second kappa shape index (κ2) is 9.30. The Hall–Kier alpha value is -2.54. The van der Waals surface area contributed by atoms with Crippen molar-refractivity contribution in [1.29, 1.82) is 0 Å². The van der Waals surface area contributed by atoms with Crippen LogP contribution < -0.4 is 14.4 Å². The topological polar surface area (TPSA) is 58.6 Å². The van der Waals surface area contributed by atoms with Gasteiger partial charge in [0.2, 0.25) is 10.0 Å². The van der Waals surface area contributed by atoms with Crippen molar-refractivity contribution in [1.82, 2.24) is 4.72 Å². The third kappa shape index (κ3) is 4.87. The van der Waals surface area contributed by atoms with Gasteiger partial charge in [-0.1, -0.05) is 35.9 Å². The molecule has 0 amide bonds. The molecule has 3 aromatic carbocycles. The second-order valence-corrected chi connectivity index (χ2v) is 9.68. The van der Waals surface area contributed by atoms with E-state index < -0.39 is 10.0 Å². The Morgan fingerprint density at radius 3 is 2.42 bits per heavy atom. The van der Waals surface area contributed by atoms with Crippen LogP contribution in [0.5, 0.6) is 5.75 Å². The summed E-state index contributed by atoms with van der Waals surface area (Å²) in [6, 6.07) is 20.8. The van der Waals surface area contributed by atoms with Gasteiger partial charge in [0.1, 0.15) is 5.75 Å². The van der Waals surface area contributed by atoms with Crippen molar-refractivity contribution >= 4 is 33.0 Å². The predicted octanol–water partition coefficient (Wildman–Crippen LogP) is 4.95. The summed E-state index contributed by atoms with van der Waals surface area (Å²) in [4.78, 5) is 2.48. The molecule has 0 saturated carbocycles. The average molecular weight is 457 g/mol. The molecule has 4 rings (SSSR count). The van der Waals surface area contributed by atoms with Gasteiger partial charge in [-0.2, -0.15) is 0 Å². The third-order valence-electron chi connectivity index (χ3n) is 5.50. The zero-order chi connectivity index (χ0) is 21.8. The molecule has 0 bridgehead atoms. The van der Waals surface area contributed by atoms with Crippen molar-refractivity contribution in [3.63, 3.8) is 0 Å². The molecule has 0 aromatic heterocycles. The molecule has 3 aromatic rings. The highest BCUT2D eigenvalue weighted by atomic mass is 35.5. The monoisotopic (exact) mass is 456 g/mol. The van der Waals surface area contributed by atoms with Gasteiger partial charge in [0.15, 0.2) is 0 Å². The van der Waals surface area contributed by atoms with Crippen molar-refractivity contribution in [3.8, 4) is 5.75 Å². The largest absolute Gasteiger partial charge is 0.497 e. The zero-order valence-electron chi connectivity index (χ0n) is 17.3. The molecule has 1 aliphatic rings. The summed E-state index contributed by atoms with van der Waals surface area (Å²) in [5.41, 5.74) is 4.78. The van der Waals surface area contributed by atoms with E-state index in [0.717, 1.165) is 24.2 Å². The van der Waals surface area contributed by atoms with Gasteiger partial charge in [0.05, 0.1) is 12.0 Å². The first-order chi connectivity index (χ1) is 15.0. The van der Waals surface area contributed by atoms with Gasteiger partial charge in [-0.15, -0.1) is 0 Å². The number of benzene rings is 3. The zero-order valence-corrected chi connectivity index (χ0v) is 18.9. The van der Waals surface area contributed by atoms with E-state index in [0.29, 0.717) is 30.3 Å². The first-order valence-electron chi connectivity index (χ1n) is 10.3. The van der Waals surface area contributed by atoms with Crippen LogP contribution in [0.3, 0.4) is 0 Å². The van der Waals surface area contributed by atoms with Crippen molar-refractivity contribution in [2.75, 3.05) is 25.1 Å². The number of halogens is 1. The van der Waals surface area contributed by atoms with E-state index in [1.807, 2.05) is 18.2 Å². The first-order valence-corrected chi connectivity index (χ1v) is 12.1. The Bertz CT molecular complexity index is 1160. The van der Waals surface area contributed by atoms with Gasteiger partial charge < -0.3 is 9.64 Å². The minimum absolute atomic E-state index is 0.227. The number of sulfonamides is 1. The molecule has 0 spiro atoms. The van der Waals surface area contributed by atoms with E-state index in [2.05, 4.69) is 33.9 Å². The number of methoxy groups -OCH3 is 1. The fraction of sp³-hybridized carbons (Fsp3) is 0.250. The molecule has 5 nitrogen and oxygen atoms in total. The van der Waals surface area contributed by atoms with Crippen LogP contribution in [0.2, 0.25) is 5.02 Å². The number of rotatable bonds is 7. The molecule has 0 saturated heterocycles. The van der Waals surface area contributed by atoms with Gasteiger partial charge in [0.25, 0.3) is 0 Å². The molecule has 0 aliphatic carbocycles. The smallest absolute Gasteiger partial charge is 0.240 e. The molecule has 162 valence electrons. The lowest BCUT2D eigenvalue weighted by Crippen LogP contribution is -2.28. The molecular weight excluding hydrogens is 432 g/mol. The summed E-state index contributed by atoms with van der Waals surface area (Å²) >= 11 is 6.31. The molecule has 7 heteroatoms. The lowest BCUT2D eigenvalue weighted by molar-refractivity contribution is 0.414. The molecule has 1 aliphatic heterocycles. The van der Waals surface area contributed by atoms with E-state index in [-0.39, 0.29) is 4.90 Å². The Morgan fingerprint density at radius 1 is 0.968 bits per heavy atom. The number of anilines is 2.